The number of nitrogens with one attached hydrogen (secondary N) is 1. The molecule has 6 nitrogen and oxygen atoms in total. The molecule has 0 aliphatic heterocycles. The molecule has 1 heterocycles. The summed E-state index contributed by atoms with van der Waals surface area (Å²) in [5.74, 6) is -1.63. The average Bonchev–Trinajstić information content (AvgIpc) is 2.40. The highest BCUT2D eigenvalue weighted by molar-refractivity contribution is 5.82. The van der Waals surface area contributed by atoms with E-state index in [1.54, 1.807) is 18.2 Å². The summed E-state index contributed by atoms with van der Waals surface area (Å²) in [7, 11) is 0. The van der Waals surface area contributed by atoms with Crippen LogP contribution in [0.2, 0.25) is 0 Å². The van der Waals surface area contributed by atoms with E-state index in [0.29, 0.717) is 5.39 Å². The highest BCUT2D eigenvalue weighted by atomic mass is 16.4. The number of carboxylic acid groups (broad SMARTS) is 1. The fourth-order valence-corrected chi connectivity index (χ4v) is 2.00. The minimum absolute atomic E-state index is 0.113. The van der Waals surface area contributed by atoms with Gasteiger partial charge < -0.3 is 15.0 Å². The van der Waals surface area contributed by atoms with Gasteiger partial charge in [0.1, 0.15) is 6.04 Å². The molecule has 1 unspecified atom stereocenters. The number of carbonyl (C=O) groups excluding carboxylic acids is 1. The molecular formula is C14H14N2O4. The molecule has 2 N–H and O–H groups in total. The molecule has 0 saturated heterocycles. The van der Waals surface area contributed by atoms with Gasteiger partial charge in [-0.3, -0.25) is 9.59 Å². The number of rotatable bonds is 4. The first-order chi connectivity index (χ1) is 9.49. The van der Waals surface area contributed by atoms with E-state index >= 15 is 0 Å². The molecule has 0 radical (unpaired) electrons. The number of nitrogens with zero attached hydrogens (tertiary/aromatic N) is 1. The number of fused-ring (bicyclic) bond motifs is 1. The Labute approximate surface area is 114 Å². The molecule has 0 spiro atoms. The Bertz CT molecular complexity index is 720. The topological polar surface area (TPSA) is 88.4 Å². The van der Waals surface area contributed by atoms with Crippen LogP contribution in [0.4, 0.5) is 0 Å². The van der Waals surface area contributed by atoms with Crippen molar-refractivity contribution in [1.29, 1.82) is 0 Å². The number of hydrogen-bond donors (Lipinski definition) is 2. The number of pyridine rings is 1. The number of benzene rings is 1. The number of carbonyl (C=O) groups is 2. The number of aromatic nitrogens is 1. The van der Waals surface area contributed by atoms with Gasteiger partial charge >= 0.3 is 5.97 Å². The lowest BCUT2D eigenvalue weighted by Crippen LogP contribution is -2.44. The predicted molar refractivity (Wildman–Crippen MR) is 73.4 cm³/mol. The number of aliphatic carboxylic acids is 1. The Kier molecular flexibility index (Phi) is 3.84. The fraction of sp³-hybridized carbons (Fsp3) is 0.214. The summed E-state index contributed by atoms with van der Waals surface area (Å²) < 4.78 is 1.29. The summed E-state index contributed by atoms with van der Waals surface area (Å²) in [5, 5.41) is 12.7. The molecule has 1 amide bonds. The van der Waals surface area contributed by atoms with Crippen LogP contribution in [0.1, 0.15) is 6.92 Å². The molecule has 0 aliphatic rings. The minimum atomic E-state index is -1.18. The Balaban J connectivity index is 2.38. The van der Waals surface area contributed by atoms with Gasteiger partial charge in [0.2, 0.25) is 5.91 Å². The lowest BCUT2D eigenvalue weighted by Gasteiger charge is -2.15. The van der Waals surface area contributed by atoms with Gasteiger partial charge in [0.25, 0.3) is 5.56 Å². The Hall–Kier alpha value is -2.63. The van der Waals surface area contributed by atoms with E-state index in [1.807, 2.05) is 12.1 Å². The zero-order valence-corrected chi connectivity index (χ0v) is 10.9. The predicted octanol–water partition coefficient (Wildman–Crippen LogP) is 0.591. The molecule has 1 aromatic heterocycles. The van der Waals surface area contributed by atoms with Crippen LogP contribution in [-0.4, -0.2) is 27.6 Å². The molecule has 0 fully saturated rings. The number of carboxylic acids is 1. The average molecular weight is 274 g/mol. The van der Waals surface area contributed by atoms with Crippen molar-refractivity contribution in [2.45, 2.75) is 19.5 Å². The van der Waals surface area contributed by atoms with Gasteiger partial charge in [-0.2, -0.15) is 0 Å². The molecule has 6 heteroatoms. The number of hydrogen-bond acceptors (Lipinski definition) is 3. The quantitative estimate of drug-likeness (QED) is 0.854. The second-order valence-corrected chi connectivity index (χ2v) is 4.45. The first-order valence-corrected chi connectivity index (χ1v) is 6.07. The minimum Gasteiger partial charge on any atom is -0.480 e. The molecule has 20 heavy (non-hydrogen) atoms. The van der Waals surface area contributed by atoms with E-state index in [0.717, 1.165) is 5.39 Å². The van der Waals surface area contributed by atoms with Crippen LogP contribution in [0.5, 0.6) is 0 Å². The SMILES string of the molecule is CC(=O)NC(Cn1ccc2ccccc2c1=O)C(=O)O. The van der Waals surface area contributed by atoms with Crippen LogP contribution in [0.3, 0.4) is 0 Å². The lowest BCUT2D eigenvalue weighted by atomic mass is 10.1. The van der Waals surface area contributed by atoms with Gasteiger partial charge in [0.15, 0.2) is 0 Å². The summed E-state index contributed by atoms with van der Waals surface area (Å²) in [5.41, 5.74) is -0.278. The third-order valence-electron chi connectivity index (χ3n) is 2.94. The normalized spacial score (nSPS) is 12.1. The van der Waals surface area contributed by atoms with Crippen LogP contribution in [-0.2, 0) is 16.1 Å². The largest absolute Gasteiger partial charge is 0.480 e. The fourth-order valence-electron chi connectivity index (χ4n) is 2.00. The van der Waals surface area contributed by atoms with Crippen LogP contribution < -0.4 is 10.9 Å². The van der Waals surface area contributed by atoms with Crippen molar-refractivity contribution in [3.63, 3.8) is 0 Å². The molecule has 104 valence electrons. The summed E-state index contributed by atoms with van der Waals surface area (Å²) in [6.07, 6.45) is 1.53. The first kappa shape index (κ1) is 13.8. The van der Waals surface area contributed by atoms with Gasteiger partial charge in [-0.1, -0.05) is 18.2 Å². The van der Waals surface area contributed by atoms with Crippen molar-refractivity contribution in [2.24, 2.45) is 0 Å². The van der Waals surface area contributed by atoms with Crippen molar-refractivity contribution in [2.75, 3.05) is 0 Å². The Morgan fingerprint density at radius 2 is 2.00 bits per heavy atom. The van der Waals surface area contributed by atoms with Crippen molar-refractivity contribution in [3.8, 4) is 0 Å². The van der Waals surface area contributed by atoms with Gasteiger partial charge in [0.05, 0.1) is 6.54 Å². The van der Waals surface area contributed by atoms with E-state index in [4.69, 9.17) is 5.11 Å². The van der Waals surface area contributed by atoms with Crippen LogP contribution in [0.15, 0.2) is 41.3 Å². The second-order valence-electron chi connectivity index (χ2n) is 4.45. The standard InChI is InChI=1S/C14H14N2O4/c1-9(17)15-12(14(19)20)8-16-7-6-10-4-2-3-5-11(10)13(16)18/h2-7,12H,8H2,1H3,(H,15,17)(H,19,20). The summed E-state index contributed by atoms with van der Waals surface area (Å²) in [6, 6.07) is 7.67. The Morgan fingerprint density at radius 3 is 2.65 bits per heavy atom. The summed E-state index contributed by atoms with van der Waals surface area (Å²) in [4.78, 5) is 34.3. The third-order valence-corrected chi connectivity index (χ3v) is 2.94. The molecule has 1 atom stereocenters. The van der Waals surface area contributed by atoms with Crippen LogP contribution in [0, 0.1) is 0 Å². The number of amides is 1. The van der Waals surface area contributed by atoms with Gasteiger partial charge in [0, 0.05) is 18.5 Å². The van der Waals surface area contributed by atoms with Gasteiger partial charge in [-0.05, 0) is 17.5 Å². The van der Waals surface area contributed by atoms with Crippen molar-refractivity contribution in [3.05, 3.63) is 46.9 Å². The van der Waals surface area contributed by atoms with Crippen LogP contribution in [0.25, 0.3) is 10.8 Å². The van der Waals surface area contributed by atoms with E-state index < -0.39 is 17.9 Å². The van der Waals surface area contributed by atoms with E-state index in [2.05, 4.69) is 5.32 Å². The molecule has 2 rings (SSSR count). The second kappa shape index (κ2) is 5.56. The van der Waals surface area contributed by atoms with Crippen molar-refractivity contribution < 1.29 is 14.7 Å². The van der Waals surface area contributed by atoms with Gasteiger partial charge in [-0.25, -0.2) is 4.79 Å². The molecule has 0 saturated carbocycles. The lowest BCUT2D eigenvalue weighted by molar-refractivity contribution is -0.141. The zero-order chi connectivity index (χ0) is 14.7. The molecule has 0 aliphatic carbocycles. The van der Waals surface area contributed by atoms with E-state index in [9.17, 15) is 14.4 Å². The summed E-state index contributed by atoms with van der Waals surface area (Å²) in [6.45, 7) is 1.12. The van der Waals surface area contributed by atoms with E-state index in [-0.39, 0.29) is 12.1 Å². The Morgan fingerprint density at radius 1 is 1.30 bits per heavy atom. The maximum atomic E-state index is 12.2. The van der Waals surface area contributed by atoms with Crippen molar-refractivity contribution in [1.82, 2.24) is 9.88 Å². The third kappa shape index (κ3) is 2.85. The zero-order valence-electron chi connectivity index (χ0n) is 10.9. The molecule has 1 aromatic carbocycles. The molecular weight excluding hydrogens is 260 g/mol. The van der Waals surface area contributed by atoms with Crippen molar-refractivity contribution >= 4 is 22.6 Å². The maximum absolute atomic E-state index is 12.2. The smallest absolute Gasteiger partial charge is 0.328 e. The van der Waals surface area contributed by atoms with Crippen LogP contribution >= 0.6 is 0 Å². The highest BCUT2D eigenvalue weighted by Gasteiger charge is 2.19. The summed E-state index contributed by atoms with van der Waals surface area (Å²) >= 11 is 0. The molecule has 2 aromatic rings. The first-order valence-electron chi connectivity index (χ1n) is 6.07. The van der Waals surface area contributed by atoms with E-state index in [1.165, 1.54) is 17.7 Å². The molecule has 0 bridgehead atoms. The maximum Gasteiger partial charge on any atom is 0.328 e. The monoisotopic (exact) mass is 274 g/mol. The van der Waals surface area contributed by atoms with Gasteiger partial charge in [-0.15, -0.1) is 0 Å². The highest BCUT2D eigenvalue weighted by Crippen LogP contribution is 2.08.